The van der Waals surface area contributed by atoms with Gasteiger partial charge in [-0.1, -0.05) is 12.1 Å². The first kappa shape index (κ1) is 16.4. The number of likely N-dealkylation sites (N-methyl/N-ethyl adjacent to an activating group) is 1. The van der Waals surface area contributed by atoms with E-state index >= 15 is 0 Å². The Balaban J connectivity index is 1.49. The van der Waals surface area contributed by atoms with Crippen molar-refractivity contribution in [2.75, 3.05) is 20.1 Å². The minimum Gasteiger partial charge on any atom is -0.337 e. The molecule has 1 saturated carbocycles. The molecule has 2 aromatic rings. The number of aromatic nitrogens is 1. The molecule has 1 aliphatic carbocycles. The molecule has 0 bridgehead atoms. The summed E-state index contributed by atoms with van der Waals surface area (Å²) < 4.78 is 13.1. The van der Waals surface area contributed by atoms with Crippen LogP contribution in [0.1, 0.15) is 24.0 Å². The Morgan fingerprint density at radius 1 is 1.21 bits per heavy atom. The molecule has 1 fully saturated rings. The van der Waals surface area contributed by atoms with Crippen molar-refractivity contribution in [3.8, 4) is 0 Å². The van der Waals surface area contributed by atoms with E-state index in [1.165, 1.54) is 12.1 Å². The third-order valence-corrected chi connectivity index (χ3v) is 4.72. The van der Waals surface area contributed by atoms with Gasteiger partial charge in [0.05, 0.1) is 0 Å². The van der Waals surface area contributed by atoms with Gasteiger partial charge < -0.3 is 10.2 Å². The third kappa shape index (κ3) is 3.91. The van der Waals surface area contributed by atoms with E-state index in [1.54, 1.807) is 24.3 Å². The van der Waals surface area contributed by atoms with Crippen molar-refractivity contribution in [1.29, 1.82) is 0 Å². The number of nitrogens with one attached hydrogen (secondary N) is 1. The Morgan fingerprint density at radius 3 is 2.50 bits per heavy atom. The Hall–Kier alpha value is -2.43. The number of hydrogen-bond donors (Lipinski definition) is 1. The van der Waals surface area contributed by atoms with Gasteiger partial charge in [0.25, 0.3) is 0 Å². The van der Waals surface area contributed by atoms with E-state index in [0.717, 1.165) is 30.4 Å². The Labute approximate surface area is 141 Å². The van der Waals surface area contributed by atoms with Gasteiger partial charge in [-0.25, -0.2) is 9.18 Å². The van der Waals surface area contributed by atoms with Crippen LogP contribution in [-0.4, -0.2) is 36.1 Å². The van der Waals surface area contributed by atoms with Crippen molar-refractivity contribution >= 4 is 6.03 Å². The van der Waals surface area contributed by atoms with Gasteiger partial charge in [0.1, 0.15) is 5.82 Å². The summed E-state index contributed by atoms with van der Waals surface area (Å²) in [5.74, 6) is -0.227. The highest BCUT2D eigenvalue weighted by Gasteiger charge is 2.44. The molecule has 1 N–H and O–H groups in total. The van der Waals surface area contributed by atoms with E-state index in [1.807, 2.05) is 24.3 Å². The van der Waals surface area contributed by atoms with Crippen molar-refractivity contribution in [3.63, 3.8) is 0 Å². The third-order valence-electron chi connectivity index (χ3n) is 4.72. The van der Waals surface area contributed by atoms with Crippen LogP contribution in [0.5, 0.6) is 0 Å². The van der Waals surface area contributed by atoms with Gasteiger partial charge in [-0.15, -0.1) is 0 Å². The van der Waals surface area contributed by atoms with Crippen molar-refractivity contribution in [3.05, 3.63) is 65.7 Å². The van der Waals surface area contributed by atoms with Crippen LogP contribution in [0, 0.1) is 5.82 Å². The van der Waals surface area contributed by atoms with Crippen molar-refractivity contribution in [2.45, 2.75) is 24.7 Å². The lowest BCUT2D eigenvalue weighted by molar-refractivity contribution is 0.208. The first-order chi connectivity index (χ1) is 11.6. The Bertz CT molecular complexity index is 684. The second kappa shape index (κ2) is 6.99. The predicted octanol–water partition coefficient (Wildman–Crippen LogP) is 3.14. The Kier molecular flexibility index (Phi) is 4.79. The fourth-order valence-corrected chi connectivity index (χ4v) is 2.85. The molecular formula is C19H22FN3O. The van der Waals surface area contributed by atoms with Gasteiger partial charge in [-0.3, -0.25) is 4.98 Å². The van der Waals surface area contributed by atoms with E-state index in [9.17, 15) is 9.18 Å². The molecular weight excluding hydrogens is 305 g/mol. The van der Waals surface area contributed by atoms with Gasteiger partial charge in [-0.2, -0.15) is 0 Å². The number of benzene rings is 1. The molecule has 0 saturated heterocycles. The summed E-state index contributed by atoms with van der Waals surface area (Å²) in [6.07, 6.45) is 6.37. The van der Waals surface area contributed by atoms with Crippen LogP contribution in [0.3, 0.4) is 0 Å². The highest BCUT2D eigenvalue weighted by molar-refractivity contribution is 5.74. The van der Waals surface area contributed by atoms with Crippen LogP contribution in [0.15, 0.2) is 48.8 Å². The van der Waals surface area contributed by atoms with Crippen LogP contribution in [0.2, 0.25) is 0 Å². The zero-order chi connectivity index (χ0) is 17.0. The van der Waals surface area contributed by atoms with E-state index in [0.29, 0.717) is 13.1 Å². The van der Waals surface area contributed by atoms with Crippen LogP contribution >= 0.6 is 0 Å². The molecule has 5 heteroatoms. The average molecular weight is 327 g/mol. The highest BCUT2D eigenvalue weighted by atomic mass is 19.1. The number of pyridine rings is 1. The van der Waals surface area contributed by atoms with Gasteiger partial charge in [0, 0.05) is 37.9 Å². The quantitative estimate of drug-likeness (QED) is 0.886. The molecule has 126 valence electrons. The summed E-state index contributed by atoms with van der Waals surface area (Å²) in [4.78, 5) is 18.0. The largest absolute Gasteiger partial charge is 0.337 e. The summed E-state index contributed by atoms with van der Waals surface area (Å²) in [7, 11) is 1.80. The molecule has 0 atom stereocenters. The Morgan fingerprint density at radius 2 is 1.88 bits per heavy atom. The second-order valence-corrected chi connectivity index (χ2v) is 6.47. The molecule has 0 aliphatic heterocycles. The van der Waals surface area contributed by atoms with E-state index in [-0.39, 0.29) is 17.3 Å². The maximum Gasteiger partial charge on any atom is 0.317 e. The molecule has 1 heterocycles. The number of urea groups is 1. The van der Waals surface area contributed by atoms with Crippen LogP contribution < -0.4 is 5.32 Å². The van der Waals surface area contributed by atoms with Crippen molar-refractivity contribution in [1.82, 2.24) is 15.2 Å². The van der Waals surface area contributed by atoms with Gasteiger partial charge in [-0.05, 0) is 54.7 Å². The lowest BCUT2D eigenvalue weighted by Crippen LogP contribution is -2.41. The SMILES string of the molecule is CN(CCc1ccncc1)C(=O)NCC1(c2ccc(F)cc2)CC1. The molecule has 0 radical (unpaired) electrons. The summed E-state index contributed by atoms with van der Waals surface area (Å²) >= 11 is 0. The zero-order valence-electron chi connectivity index (χ0n) is 13.8. The molecule has 3 rings (SSSR count). The van der Waals surface area contributed by atoms with Crippen LogP contribution in [0.4, 0.5) is 9.18 Å². The number of rotatable bonds is 6. The van der Waals surface area contributed by atoms with E-state index in [2.05, 4.69) is 10.3 Å². The van der Waals surface area contributed by atoms with Crippen LogP contribution in [0.25, 0.3) is 0 Å². The van der Waals surface area contributed by atoms with Crippen molar-refractivity contribution < 1.29 is 9.18 Å². The first-order valence-electron chi connectivity index (χ1n) is 8.23. The number of carbonyl (C=O) groups excluding carboxylic acids is 1. The lowest BCUT2D eigenvalue weighted by atomic mass is 9.96. The molecule has 4 nitrogen and oxygen atoms in total. The van der Waals surface area contributed by atoms with E-state index < -0.39 is 0 Å². The zero-order valence-corrected chi connectivity index (χ0v) is 13.8. The number of amides is 2. The number of halogens is 1. The summed E-state index contributed by atoms with van der Waals surface area (Å²) in [5, 5.41) is 3.02. The number of carbonyl (C=O) groups is 1. The topological polar surface area (TPSA) is 45.2 Å². The number of hydrogen-bond acceptors (Lipinski definition) is 2. The second-order valence-electron chi connectivity index (χ2n) is 6.47. The van der Waals surface area contributed by atoms with Gasteiger partial charge in [0.15, 0.2) is 0 Å². The first-order valence-corrected chi connectivity index (χ1v) is 8.23. The van der Waals surface area contributed by atoms with Crippen LogP contribution in [-0.2, 0) is 11.8 Å². The maximum absolute atomic E-state index is 13.1. The monoisotopic (exact) mass is 327 g/mol. The minimum absolute atomic E-state index is 0.0186. The lowest BCUT2D eigenvalue weighted by Gasteiger charge is -2.21. The van der Waals surface area contributed by atoms with E-state index in [4.69, 9.17) is 0 Å². The molecule has 0 spiro atoms. The molecule has 1 aromatic heterocycles. The van der Waals surface area contributed by atoms with Gasteiger partial charge >= 0.3 is 6.03 Å². The van der Waals surface area contributed by atoms with Crippen molar-refractivity contribution in [2.24, 2.45) is 0 Å². The fourth-order valence-electron chi connectivity index (χ4n) is 2.85. The summed E-state index contributed by atoms with van der Waals surface area (Å²) in [6.45, 7) is 1.25. The average Bonchev–Trinajstić information content (AvgIpc) is 3.40. The summed E-state index contributed by atoms with van der Waals surface area (Å²) in [6, 6.07) is 10.5. The molecule has 0 unspecified atom stereocenters. The highest BCUT2D eigenvalue weighted by Crippen LogP contribution is 2.47. The molecule has 2 amide bonds. The number of nitrogens with zero attached hydrogens (tertiary/aromatic N) is 2. The minimum atomic E-state index is -0.227. The predicted molar refractivity (Wildman–Crippen MR) is 91.3 cm³/mol. The molecule has 1 aromatic carbocycles. The normalized spacial score (nSPS) is 14.9. The standard InChI is InChI=1S/C19H22FN3O/c1-23(13-8-15-6-11-21-12-7-15)18(24)22-14-19(9-10-19)16-2-4-17(20)5-3-16/h2-7,11-12H,8-10,13-14H2,1H3,(H,22,24). The van der Waals surface area contributed by atoms with Gasteiger partial charge in [0.2, 0.25) is 0 Å². The molecule has 1 aliphatic rings. The molecule has 24 heavy (non-hydrogen) atoms. The fraction of sp³-hybridized carbons (Fsp3) is 0.368. The summed E-state index contributed by atoms with van der Waals surface area (Å²) in [5.41, 5.74) is 2.24. The maximum atomic E-state index is 13.1. The smallest absolute Gasteiger partial charge is 0.317 e.